The van der Waals surface area contributed by atoms with Crippen molar-refractivity contribution in [2.24, 2.45) is 0 Å². The third-order valence-corrected chi connectivity index (χ3v) is 5.65. The Morgan fingerprint density at radius 3 is 2.41 bits per heavy atom. The molecule has 0 N–H and O–H groups in total. The summed E-state index contributed by atoms with van der Waals surface area (Å²) in [6, 6.07) is 20.0. The van der Waals surface area contributed by atoms with Crippen molar-refractivity contribution in [1.82, 2.24) is 0 Å². The Bertz CT molecular complexity index is 1240. The molecule has 0 saturated heterocycles. The van der Waals surface area contributed by atoms with Gasteiger partial charge in [-0.1, -0.05) is 41.4 Å². The van der Waals surface area contributed by atoms with Crippen LogP contribution in [0.2, 0.25) is 10.0 Å². The van der Waals surface area contributed by atoms with Crippen LogP contribution in [0, 0.1) is 22.7 Å². The summed E-state index contributed by atoms with van der Waals surface area (Å²) in [7, 11) is 0. The van der Waals surface area contributed by atoms with Gasteiger partial charge in [0.25, 0.3) is 0 Å². The third kappa shape index (κ3) is 5.84. The van der Waals surface area contributed by atoms with E-state index in [1.165, 1.54) is 0 Å². The second-order valence-electron chi connectivity index (χ2n) is 6.65. The summed E-state index contributed by atoms with van der Waals surface area (Å²) in [5, 5.41) is 19.7. The molecule has 32 heavy (non-hydrogen) atoms. The molecule has 3 aromatic rings. The minimum Gasteiger partial charge on any atom is -0.490 e. The lowest BCUT2D eigenvalue weighted by Gasteiger charge is -2.15. The van der Waals surface area contributed by atoms with Crippen LogP contribution in [0.4, 0.5) is 0 Å². The molecule has 160 valence electrons. The van der Waals surface area contributed by atoms with Crippen molar-refractivity contribution in [3.05, 3.63) is 91.4 Å². The average molecular weight is 528 g/mol. The molecule has 4 nitrogen and oxygen atoms in total. The Morgan fingerprint density at radius 2 is 1.78 bits per heavy atom. The van der Waals surface area contributed by atoms with Crippen molar-refractivity contribution in [2.75, 3.05) is 6.61 Å². The predicted octanol–water partition coefficient (Wildman–Crippen LogP) is 7.67. The Kier molecular flexibility index (Phi) is 8.20. The summed E-state index contributed by atoms with van der Waals surface area (Å²) in [4.78, 5) is 0. The molecule has 0 spiro atoms. The van der Waals surface area contributed by atoms with Gasteiger partial charge < -0.3 is 9.47 Å². The van der Waals surface area contributed by atoms with Gasteiger partial charge in [0, 0.05) is 15.6 Å². The number of hydrogen-bond acceptors (Lipinski definition) is 4. The molecule has 3 rings (SSSR count). The molecule has 0 unspecified atom stereocenters. The fraction of sp³-hybridized carbons (Fsp3) is 0.120. The zero-order valence-electron chi connectivity index (χ0n) is 17.0. The Labute approximate surface area is 205 Å². The van der Waals surface area contributed by atoms with E-state index >= 15 is 0 Å². The maximum atomic E-state index is 9.65. The molecular weight excluding hydrogens is 511 g/mol. The smallest absolute Gasteiger partial charge is 0.175 e. The van der Waals surface area contributed by atoms with Gasteiger partial charge in [-0.15, -0.1) is 0 Å². The number of rotatable bonds is 7. The van der Waals surface area contributed by atoms with Crippen LogP contribution in [0.15, 0.2) is 59.1 Å². The lowest BCUT2D eigenvalue weighted by molar-refractivity contribution is 0.267. The van der Waals surface area contributed by atoms with E-state index in [4.69, 9.17) is 37.9 Å². The fourth-order valence-electron chi connectivity index (χ4n) is 2.93. The molecule has 0 atom stereocenters. The van der Waals surface area contributed by atoms with E-state index in [0.717, 1.165) is 16.7 Å². The van der Waals surface area contributed by atoms with Crippen LogP contribution in [0.3, 0.4) is 0 Å². The molecule has 0 bridgehead atoms. The van der Waals surface area contributed by atoms with Gasteiger partial charge in [-0.3, -0.25) is 0 Å². The number of allylic oxidation sites excluding steroid dienone is 1. The van der Waals surface area contributed by atoms with Crippen molar-refractivity contribution in [3.63, 3.8) is 0 Å². The van der Waals surface area contributed by atoms with Gasteiger partial charge >= 0.3 is 0 Å². The second kappa shape index (κ2) is 11.1. The molecule has 0 aliphatic rings. The second-order valence-corrected chi connectivity index (χ2v) is 8.34. The number of nitriles is 2. The highest BCUT2D eigenvalue weighted by Crippen LogP contribution is 2.39. The maximum Gasteiger partial charge on any atom is 0.175 e. The molecule has 0 amide bonds. The number of nitrogens with zero attached hydrogens (tertiary/aromatic N) is 2. The molecule has 0 saturated carbocycles. The van der Waals surface area contributed by atoms with E-state index in [2.05, 4.69) is 28.1 Å². The van der Waals surface area contributed by atoms with Gasteiger partial charge in [-0.25, -0.2) is 0 Å². The lowest BCUT2D eigenvalue weighted by atomic mass is 10.0. The van der Waals surface area contributed by atoms with E-state index in [9.17, 15) is 5.26 Å². The van der Waals surface area contributed by atoms with Crippen molar-refractivity contribution in [2.45, 2.75) is 13.5 Å². The zero-order chi connectivity index (χ0) is 23.1. The first-order chi connectivity index (χ1) is 15.4. The molecule has 0 aliphatic carbocycles. The molecule has 7 heteroatoms. The highest BCUT2D eigenvalue weighted by molar-refractivity contribution is 9.10. The van der Waals surface area contributed by atoms with E-state index < -0.39 is 0 Å². The number of ether oxygens (including phenoxy) is 2. The van der Waals surface area contributed by atoms with Crippen LogP contribution in [0.5, 0.6) is 11.5 Å². The summed E-state index contributed by atoms with van der Waals surface area (Å²) in [5.41, 5.74) is 3.28. The lowest BCUT2D eigenvalue weighted by Crippen LogP contribution is -2.01. The van der Waals surface area contributed by atoms with Crippen LogP contribution in [-0.2, 0) is 6.61 Å². The minimum absolute atomic E-state index is 0.235. The standard InChI is InChI=1S/C25H17BrCl2N2O2/c1-2-31-24-11-17(9-20(14-30)18-5-3-16(13-29)4-6-18)10-22(26)25(24)32-15-19-7-8-21(27)12-23(19)28/h3-12H,2,15H2,1H3/b20-9-. The number of halogens is 3. The van der Waals surface area contributed by atoms with Crippen molar-refractivity contribution < 1.29 is 9.47 Å². The molecule has 0 heterocycles. The molecule has 0 radical (unpaired) electrons. The zero-order valence-corrected chi connectivity index (χ0v) is 20.1. The molecule has 0 aliphatic heterocycles. The molecular formula is C25H17BrCl2N2O2. The number of hydrogen-bond donors (Lipinski definition) is 0. The molecule has 3 aromatic carbocycles. The maximum absolute atomic E-state index is 9.65. The van der Waals surface area contributed by atoms with Crippen LogP contribution >= 0.6 is 39.1 Å². The van der Waals surface area contributed by atoms with Crippen LogP contribution in [0.25, 0.3) is 11.6 Å². The number of benzene rings is 3. The van der Waals surface area contributed by atoms with Crippen molar-refractivity contribution >= 4 is 50.8 Å². The van der Waals surface area contributed by atoms with Crippen molar-refractivity contribution in [3.8, 4) is 23.6 Å². The predicted molar refractivity (Wildman–Crippen MR) is 131 cm³/mol. The van der Waals surface area contributed by atoms with Gasteiger partial charge in [0.05, 0.1) is 34.4 Å². The first-order valence-corrected chi connectivity index (χ1v) is 11.2. The summed E-state index contributed by atoms with van der Waals surface area (Å²) >= 11 is 15.8. The van der Waals surface area contributed by atoms with E-state index in [0.29, 0.717) is 43.8 Å². The van der Waals surface area contributed by atoms with Crippen LogP contribution in [0.1, 0.15) is 29.2 Å². The summed E-state index contributed by atoms with van der Waals surface area (Å²) in [6.07, 6.45) is 1.76. The van der Waals surface area contributed by atoms with Gasteiger partial charge in [-0.05, 0) is 76.5 Å². The largest absolute Gasteiger partial charge is 0.490 e. The Hall–Kier alpha value is -2.96. The average Bonchev–Trinajstić information content (AvgIpc) is 2.78. The highest BCUT2D eigenvalue weighted by atomic mass is 79.9. The van der Waals surface area contributed by atoms with Crippen LogP contribution < -0.4 is 9.47 Å². The molecule has 0 aromatic heterocycles. The van der Waals surface area contributed by atoms with E-state index in [-0.39, 0.29) is 6.61 Å². The first kappa shape index (κ1) is 23.7. The Morgan fingerprint density at radius 1 is 1.03 bits per heavy atom. The third-order valence-electron chi connectivity index (χ3n) is 4.48. The van der Waals surface area contributed by atoms with Crippen molar-refractivity contribution in [1.29, 1.82) is 10.5 Å². The molecule has 0 fully saturated rings. The summed E-state index contributed by atoms with van der Waals surface area (Å²) < 4.78 is 12.5. The van der Waals surface area contributed by atoms with Crippen LogP contribution in [-0.4, -0.2) is 6.61 Å². The monoisotopic (exact) mass is 526 g/mol. The van der Waals surface area contributed by atoms with Gasteiger partial charge in [-0.2, -0.15) is 10.5 Å². The van der Waals surface area contributed by atoms with E-state index in [1.54, 1.807) is 42.5 Å². The quantitative estimate of drug-likeness (QED) is 0.233. The van der Waals surface area contributed by atoms with Gasteiger partial charge in [0.15, 0.2) is 11.5 Å². The minimum atomic E-state index is 0.235. The first-order valence-electron chi connectivity index (χ1n) is 9.60. The summed E-state index contributed by atoms with van der Waals surface area (Å²) in [6.45, 7) is 2.56. The van der Waals surface area contributed by atoms with Gasteiger partial charge in [0.2, 0.25) is 0 Å². The highest BCUT2D eigenvalue weighted by Gasteiger charge is 2.14. The van der Waals surface area contributed by atoms with E-state index in [1.807, 2.05) is 25.1 Å². The fourth-order valence-corrected chi connectivity index (χ4v) is 3.97. The van der Waals surface area contributed by atoms with Gasteiger partial charge in [0.1, 0.15) is 6.61 Å². The SMILES string of the molecule is CCOc1cc(/C=C(/C#N)c2ccc(C#N)cc2)cc(Br)c1OCc1ccc(Cl)cc1Cl. The Balaban J connectivity index is 1.92. The normalized spacial score (nSPS) is 10.9. The topological polar surface area (TPSA) is 66.0 Å². The summed E-state index contributed by atoms with van der Waals surface area (Å²) in [5.74, 6) is 1.07.